The molecule has 4 nitrogen and oxygen atoms in total. The number of nitrogens with two attached hydrogens (primary N) is 1. The van der Waals surface area contributed by atoms with Gasteiger partial charge >= 0.3 is 0 Å². The van der Waals surface area contributed by atoms with E-state index < -0.39 is 0 Å². The molecule has 1 aliphatic heterocycles. The van der Waals surface area contributed by atoms with Crippen LogP contribution in [0.15, 0.2) is 36.5 Å². The Morgan fingerprint density at radius 3 is 3.16 bits per heavy atom. The second kappa shape index (κ2) is 4.90. The Morgan fingerprint density at radius 2 is 2.42 bits per heavy atom. The van der Waals surface area contributed by atoms with Crippen LogP contribution in [-0.2, 0) is 17.8 Å². The molecule has 1 radical (unpaired) electrons. The summed E-state index contributed by atoms with van der Waals surface area (Å²) in [6.07, 6.45) is 2.82. The first-order valence-electron chi connectivity index (χ1n) is 6.40. The molecule has 1 unspecified atom stereocenters. The zero-order valence-electron chi connectivity index (χ0n) is 10.6. The molecule has 4 heteroatoms. The lowest BCUT2D eigenvalue weighted by molar-refractivity contribution is -0.124. The highest BCUT2D eigenvalue weighted by molar-refractivity contribution is 5.82. The molecule has 97 valence electrons. The number of aromatic amines is 1. The minimum Gasteiger partial charge on any atom is -0.368 e. The maximum atomic E-state index is 11.8. The van der Waals surface area contributed by atoms with Gasteiger partial charge in [0.15, 0.2) is 0 Å². The quantitative estimate of drug-likeness (QED) is 0.869. The van der Waals surface area contributed by atoms with E-state index in [9.17, 15) is 4.79 Å². The van der Waals surface area contributed by atoms with Gasteiger partial charge in [0.05, 0.1) is 0 Å². The number of nitrogens with zero attached hydrogens (tertiary/aromatic N) is 1. The summed E-state index contributed by atoms with van der Waals surface area (Å²) in [4.78, 5) is 17.1. The third kappa shape index (κ3) is 2.27. The standard InChI is InChI=1S/C15H16N3O/c16-15(19)14-13-6-2-1-4-11(13)7-9-18(14)10-12-5-3-8-17-12/h2-6,8,14,17H,7,9-10H2,(H2,16,19). The highest BCUT2D eigenvalue weighted by atomic mass is 16.1. The molecular weight excluding hydrogens is 238 g/mol. The van der Waals surface area contributed by atoms with Crippen LogP contribution in [0.2, 0.25) is 0 Å². The molecule has 1 aromatic carbocycles. The van der Waals surface area contributed by atoms with E-state index in [-0.39, 0.29) is 11.9 Å². The number of H-pyrrole nitrogens is 1. The van der Waals surface area contributed by atoms with E-state index in [0.29, 0.717) is 6.54 Å². The molecule has 0 aliphatic carbocycles. The maximum absolute atomic E-state index is 11.8. The molecule has 0 saturated heterocycles. The van der Waals surface area contributed by atoms with E-state index in [2.05, 4.69) is 16.0 Å². The third-order valence-corrected chi connectivity index (χ3v) is 3.62. The SMILES string of the molecule is NC(=O)C1c2cc[c]cc2CCN1Cc1ccc[nH]1. The molecule has 2 heterocycles. The molecule has 1 aromatic heterocycles. The van der Waals surface area contributed by atoms with Gasteiger partial charge in [-0.2, -0.15) is 0 Å². The van der Waals surface area contributed by atoms with Crippen LogP contribution < -0.4 is 5.73 Å². The smallest absolute Gasteiger partial charge is 0.239 e. The van der Waals surface area contributed by atoms with Crippen LogP contribution in [0.5, 0.6) is 0 Å². The van der Waals surface area contributed by atoms with Crippen LogP contribution in [-0.4, -0.2) is 22.3 Å². The summed E-state index contributed by atoms with van der Waals surface area (Å²) in [5.74, 6) is -0.293. The monoisotopic (exact) mass is 254 g/mol. The number of nitrogens with one attached hydrogen (secondary N) is 1. The van der Waals surface area contributed by atoms with E-state index in [0.717, 1.165) is 24.2 Å². The lowest BCUT2D eigenvalue weighted by atomic mass is 9.92. The molecule has 1 amide bonds. The number of carbonyl (C=O) groups is 1. The highest BCUT2D eigenvalue weighted by Crippen LogP contribution is 2.30. The van der Waals surface area contributed by atoms with Gasteiger partial charge in [0.2, 0.25) is 5.91 Å². The van der Waals surface area contributed by atoms with Crippen molar-refractivity contribution in [1.82, 2.24) is 9.88 Å². The fourth-order valence-electron chi connectivity index (χ4n) is 2.74. The second-order valence-corrected chi connectivity index (χ2v) is 4.85. The number of amides is 1. The molecule has 0 spiro atoms. The molecule has 0 fully saturated rings. The average molecular weight is 254 g/mol. The van der Waals surface area contributed by atoms with Crippen molar-refractivity contribution < 1.29 is 4.79 Å². The van der Waals surface area contributed by atoms with Crippen molar-refractivity contribution in [2.45, 2.75) is 19.0 Å². The number of aromatic nitrogens is 1. The lowest BCUT2D eigenvalue weighted by Crippen LogP contribution is -2.42. The van der Waals surface area contributed by atoms with E-state index in [1.165, 1.54) is 5.56 Å². The minimum absolute atomic E-state index is 0.293. The van der Waals surface area contributed by atoms with Crippen LogP contribution in [0.1, 0.15) is 22.9 Å². The summed E-state index contributed by atoms with van der Waals surface area (Å²) in [5, 5.41) is 0. The molecule has 2 aromatic rings. The first-order valence-corrected chi connectivity index (χ1v) is 6.40. The number of hydrogen-bond acceptors (Lipinski definition) is 2. The van der Waals surface area contributed by atoms with Gasteiger partial charge in [0, 0.05) is 25.0 Å². The number of primary amides is 1. The summed E-state index contributed by atoms with van der Waals surface area (Å²) in [7, 11) is 0. The Hall–Kier alpha value is -2.07. The summed E-state index contributed by atoms with van der Waals surface area (Å²) in [6.45, 7) is 1.54. The fraction of sp³-hybridized carbons (Fsp3) is 0.267. The predicted octanol–water partition coefficient (Wildman–Crippen LogP) is 1.40. The minimum atomic E-state index is -0.346. The van der Waals surface area contributed by atoms with Crippen molar-refractivity contribution >= 4 is 5.91 Å². The van der Waals surface area contributed by atoms with E-state index in [4.69, 9.17) is 5.73 Å². The van der Waals surface area contributed by atoms with Crippen molar-refractivity contribution in [3.63, 3.8) is 0 Å². The summed E-state index contributed by atoms with van der Waals surface area (Å²) >= 11 is 0. The van der Waals surface area contributed by atoms with E-state index in [1.807, 2.05) is 36.5 Å². The largest absolute Gasteiger partial charge is 0.368 e. The normalized spacial score (nSPS) is 19.1. The summed E-state index contributed by atoms with van der Waals surface area (Å²) in [5.41, 5.74) is 8.89. The molecular formula is C15H16N3O. The van der Waals surface area contributed by atoms with Gasteiger partial charge in [-0.05, 0) is 35.7 Å². The molecule has 3 N–H and O–H groups in total. The Labute approximate surface area is 112 Å². The van der Waals surface area contributed by atoms with Crippen LogP contribution in [0.3, 0.4) is 0 Å². The Morgan fingerprint density at radius 1 is 1.53 bits per heavy atom. The Kier molecular flexibility index (Phi) is 3.09. The molecule has 1 atom stereocenters. The number of fused-ring (bicyclic) bond motifs is 1. The van der Waals surface area contributed by atoms with Gasteiger partial charge in [-0.15, -0.1) is 0 Å². The van der Waals surface area contributed by atoms with Gasteiger partial charge < -0.3 is 10.7 Å². The number of carbonyl (C=O) groups excluding carboxylic acids is 1. The fourth-order valence-corrected chi connectivity index (χ4v) is 2.74. The molecule has 19 heavy (non-hydrogen) atoms. The predicted molar refractivity (Wildman–Crippen MR) is 72.1 cm³/mol. The number of rotatable bonds is 3. The van der Waals surface area contributed by atoms with Gasteiger partial charge in [0.25, 0.3) is 0 Å². The summed E-state index contributed by atoms with van der Waals surface area (Å²) < 4.78 is 0. The number of benzene rings is 1. The molecule has 3 rings (SSSR count). The zero-order chi connectivity index (χ0) is 13.2. The summed E-state index contributed by atoms with van der Waals surface area (Å²) in [6, 6.07) is 12.4. The Balaban J connectivity index is 1.92. The van der Waals surface area contributed by atoms with Crippen LogP contribution in [0.4, 0.5) is 0 Å². The van der Waals surface area contributed by atoms with Crippen molar-refractivity contribution in [3.8, 4) is 0 Å². The first-order chi connectivity index (χ1) is 9.25. The van der Waals surface area contributed by atoms with E-state index in [1.54, 1.807) is 0 Å². The first kappa shape index (κ1) is 12.0. The van der Waals surface area contributed by atoms with Crippen molar-refractivity contribution in [2.24, 2.45) is 5.73 Å². The van der Waals surface area contributed by atoms with Gasteiger partial charge in [-0.3, -0.25) is 9.69 Å². The lowest BCUT2D eigenvalue weighted by Gasteiger charge is -2.35. The maximum Gasteiger partial charge on any atom is 0.239 e. The van der Waals surface area contributed by atoms with E-state index >= 15 is 0 Å². The number of hydrogen-bond donors (Lipinski definition) is 2. The van der Waals surface area contributed by atoms with Gasteiger partial charge in [-0.25, -0.2) is 0 Å². The zero-order valence-corrected chi connectivity index (χ0v) is 10.6. The third-order valence-electron chi connectivity index (χ3n) is 3.62. The van der Waals surface area contributed by atoms with Crippen molar-refractivity contribution in [1.29, 1.82) is 0 Å². The molecule has 0 bridgehead atoms. The Bertz CT molecular complexity index is 577. The molecule has 1 aliphatic rings. The van der Waals surface area contributed by atoms with Crippen LogP contribution >= 0.6 is 0 Å². The van der Waals surface area contributed by atoms with Crippen molar-refractivity contribution in [3.05, 3.63) is 59.4 Å². The van der Waals surface area contributed by atoms with Crippen LogP contribution in [0.25, 0.3) is 0 Å². The van der Waals surface area contributed by atoms with Gasteiger partial charge in [-0.1, -0.05) is 18.2 Å². The second-order valence-electron chi connectivity index (χ2n) is 4.85. The van der Waals surface area contributed by atoms with Crippen molar-refractivity contribution in [2.75, 3.05) is 6.54 Å². The van der Waals surface area contributed by atoms with Crippen LogP contribution in [0, 0.1) is 6.07 Å². The highest BCUT2D eigenvalue weighted by Gasteiger charge is 2.31. The molecule has 0 saturated carbocycles. The topological polar surface area (TPSA) is 62.1 Å². The average Bonchev–Trinajstić information content (AvgIpc) is 2.91. The van der Waals surface area contributed by atoms with Gasteiger partial charge in [0.1, 0.15) is 6.04 Å².